The van der Waals surface area contributed by atoms with E-state index in [0.717, 1.165) is 36.8 Å². The molecule has 3 fully saturated rings. The summed E-state index contributed by atoms with van der Waals surface area (Å²) in [4.78, 5) is 20.6. The van der Waals surface area contributed by atoms with E-state index in [1.165, 1.54) is 23.4 Å². The molecule has 0 unspecified atom stereocenters. The van der Waals surface area contributed by atoms with Crippen molar-refractivity contribution < 1.29 is 26.7 Å². The van der Waals surface area contributed by atoms with Crippen molar-refractivity contribution >= 4 is 28.4 Å². The third-order valence-electron chi connectivity index (χ3n) is 7.47. The fourth-order valence-corrected chi connectivity index (χ4v) is 5.47. The highest BCUT2D eigenvalue weighted by atomic mass is 19.4. The molecule has 14 heteroatoms. The summed E-state index contributed by atoms with van der Waals surface area (Å²) in [5, 5.41) is 13.9. The smallest absolute Gasteiger partial charge is 0.348 e. The van der Waals surface area contributed by atoms with Gasteiger partial charge in [-0.3, -0.25) is 14.8 Å². The second-order valence-electron chi connectivity index (χ2n) is 10.1. The van der Waals surface area contributed by atoms with Crippen LogP contribution in [0.15, 0.2) is 18.5 Å². The lowest BCUT2D eigenvalue weighted by molar-refractivity contribution is -0.141. The maximum Gasteiger partial charge on any atom is 0.408 e. The number of nitrogens with one attached hydrogen (secondary N) is 2. The van der Waals surface area contributed by atoms with Crippen molar-refractivity contribution in [1.29, 1.82) is 0 Å². The van der Waals surface area contributed by atoms with Crippen LogP contribution < -0.4 is 10.2 Å². The Hall–Kier alpha value is -3.45. The normalized spacial score (nSPS) is 20.7. The molecule has 2 N–H and O–H groups in total. The third-order valence-corrected chi connectivity index (χ3v) is 7.47. The lowest BCUT2D eigenvalue weighted by Gasteiger charge is -2.36. The molecular weight excluding hydrogens is 499 g/mol. The standard InChI is InChI=1S/C23H25F5N8O/c24-22(25)6-8-34(12-22)19-14-10-29-15(9-17(14)36(33-19)13-23(26,27)28)18-16(11-30-32-18)31-20(37)35-7-2-1-3-21(35)4-5-21/h9-11H,1-8,12-13H2,(H,30,32)(H,31,37). The fraction of sp³-hybridized carbons (Fsp3) is 0.565. The number of fused-ring (bicyclic) bond motifs is 1. The maximum atomic E-state index is 13.8. The molecule has 1 saturated carbocycles. The van der Waals surface area contributed by atoms with Crippen LogP contribution in [0.5, 0.6) is 0 Å². The summed E-state index contributed by atoms with van der Waals surface area (Å²) in [5.41, 5.74) is 0.927. The first-order chi connectivity index (χ1) is 17.5. The number of halogens is 5. The first-order valence-corrected chi connectivity index (χ1v) is 12.2. The SMILES string of the molecule is O=C(Nc1cn[nH]c1-c1cc2c(cn1)c(N1CCC(F)(F)C1)nn2CC(F)(F)F)N1CCCCC12CC2. The Bertz CT molecular complexity index is 1340. The summed E-state index contributed by atoms with van der Waals surface area (Å²) in [6, 6.07) is 1.15. The molecule has 2 saturated heterocycles. The van der Waals surface area contributed by atoms with Crippen LogP contribution in [0.1, 0.15) is 38.5 Å². The quantitative estimate of drug-likeness (QED) is 0.479. The van der Waals surface area contributed by atoms with E-state index in [-0.39, 0.29) is 40.5 Å². The number of rotatable bonds is 4. The number of aromatic amines is 1. The summed E-state index contributed by atoms with van der Waals surface area (Å²) < 4.78 is 68.4. The summed E-state index contributed by atoms with van der Waals surface area (Å²) in [6.07, 6.45) is 2.73. The van der Waals surface area contributed by atoms with Crippen LogP contribution in [0.3, 0.4) is 0 Å². The summed E-state index contributed by atoms with van der Waals surface area (Å²) >= 11 is 0. The monoisotopic (exact) mass is 524 g/mol. The lowest BCUT2D eigenvalue weighted by atomic mass is 10.0. The van der Waals surface area contributed by atoms with E-state index in [9.17, 15) is 26.7 Å². The van der Waals surface area contributed by atoms with Crippen molar-refractivity contribution in [2.45, 2.75) is 62.7 Å². The van der Waals surface area contributed by atoms with Gasteiger partial charge in [0.05, 0.1) is 35.0 Å². The number of aromatic nitrogens is 5. The molecule has 0 aromatic carbocycles. The zero-order valence-corrected chi connectivity index (χ0v) is 19.8. The topological polar surface area (TPSA) is 95.0 Å². The van der Waals surface area contributed by atoms with Crippen LogP contribution in [0.4, 0.5) is 38.3 Å². The lowest BCUT2D eigenvalue weighted by Crippen LogP contribution is -2.47. The average Bonchev–Trinajstić information content (AvgIpc) is 3.15. The molecule has 6 rings (SSSR count). The van der Waals surface area contributed by atoms with Crippen molar-refractivity contribution in [3.05, 3.63) is 18.5 Å². The summed E-state index contributed by atoms with van der Waals surface area (Å²) in [7, 11) is 0. The van der Waals surface area contributed by atoms with Gasteiger partial charge in [-0.1, -0.05) is 0 Å². The minimum Gasteiger partial charge on any atom is -0.348 e. The highest BCUT2D eigenvalue weighted by Gasteiger charge is 2.51. The number of carbonyl (C=O) groups is 1. The molecule has 198 valence electrons. The molecule has 0 bridgehead atoms. The van der Waals surface area contributed by atoms with E-state index in [4.69, 9.17) is 0 Å². The van der Waals surface area contributed by atoms with E-state index >= 15 is 0 Å². The van der Waals surface area contributed by atoms with Gasteiger partial charge in [0, 0.05) is 31.2 Å². The molecule has 37 heavy (non-hydrogen) atoms. The van der Waals surface area contributed by atoms with Gasteiger partial charge in [0.25, 0.3) is 5.92 Å². The number of urea groups is 1. The zero-order chi connectivity index (χ0) is 26.0. The largest absolute Gasteiger partial charge is 0.408 e. The van der Waals surface area contributed by atoms with Crippen molar-refractivity contribution in [2.24, 2.45) is 0 Å². The molecule has 1 spiro atoms. The Morgan fingerprint density at radius 1 is 1.11 bits per heavy atom. The molecule has 3 aliphatic rings. The number of alkyl halides is 5. The molecule has 0 atom stereocenters. The highest BCUT2D eigenvalue weighted by Crippen LogP contribution is 2.48. The minimum absolute atomic E-state index is 0.0262. The first-order valence-electron chi connectivity index (χ1n) is 12.2. The molecular formula is C23H25F5N8O. The molecule has 3 aromatic heterocycles. The van der Waals surface area contributed by atoms with Crippen LogP contribution in [0, 0.1) is 0 Å². The van der Waals surface area contributed by atoms with Crippen LogP contribution in [0.2, 0.25) is 0 Å². The number of amides is 2. The van der Waals surface area contributed by atoms with Crippen molar-refractivity contribution in [3.8, 4) is 11.4 Å². The van der Waals surface area contributed by atoms with Crippen LogP contribution in [0.25, 0.3) is 22.3 Å². The van der Waals surface area contributed by atoms with Gasteiger partial charge in [-0.05, 0) is 38.2 Å². The Morgan fingerprint density at radius 3 is 2.62 bits per heavy atom. The van der Waals surface area contributed by atoms with Gasteiger partial charge in [0.1, 0.15) is 12.2 Å². The maximum absolute atomic E-state index is 13.8. The number of carbonyl (C=O) groups excluding carboxylic acids is 1. The van der Waals surface area contributed by atoms with Crippen LogP contribution >= 0.6 is 0 Å². The van der Waals surface area contributed by atoms with E-state index in [0.29, 0.717) is 17.9 Å². The first kappa shape index (κ1) is 23.9. The number of likely N-dealkylation sites (tertiary alicyclic amines) is 1. The van der Waals surface area contributed by atoms with E-state index < -0.39 is 31.6 Å². The molecule has 1 aliphatic carbocycles. The van der Waals surface area contributed by atoms with Crippen molar-refractivity contribution in [1.82, 2.24) is 29.9 Å². The number of hydrogen-bond acceptors (Lipinski definition) is 5. The third kappa shape index (κ3) is 4.46. The molecule has 0 radical (unpaired) electrons. The Kier molecular flexibility index (Phi) is 5.35. The molecule has 2 aliphatic heterocycles. The average molecular weight is 524 g/mol. The van der Waals surface area contributed by atoms with E-state index in [2.05, 4.69) is 25.6 Å². The van der Waals surface area contributed by atoms with Gasteiger partial charge < -0.3 is 15.1 Å². The molecule has 3 aromatic rings. The number of hydrogen-bond donors (Lipinski definition) is 2. The number of pyridine rings is 1. The minimum atomic E-state index is -4.57. The fourth-order valence-electron chi connectivity index (χ4n) is 5.47. The second-order valence-corrected chi connectivity index (χ2v) is 10.1. The Balaban J connectivity index is 1.33. The van der Waals surface area contributed by atoms with Gasteiger partial charge in [-0.25, -0.2) is 13.6 Å². The predicted octanol–water partition coefficient (Wildman–Crippen LogP) is 4.78. The molecule has 5 heterocycles. The summed E-state index contributed by atoms with van der Waals surface area (Å²) in [6.45, 7) is -1.37. The van der Waals surface area contributed by atoms with Crippen molar-refractivity contribution in [2.75, 3.05) is 29.9 Å². The zero-order valence-electron chi connectivity index (χ0n) is 19.8. The summed E-state index contributed by atoms with van der Waals surface area (Å²) in [5.74, 6) is -2.90. The van der Waals surface area contributed by atoms with Gasteiger partial charge >= 0.3 is 12.2 Å². The van der Waals surface area contributed by atoms with Gasteiger partial charge in [-0.2, -0.15) is 23.4 Å². The number of anilines is 2. The molecule has 2 amide bonds. The van der Waals surface area contributed by atoms with E-state index in [1.54, 1.807) is 0 Å². The Morgan fingerprint density at radius 2 is 1.92 bits per heavy atom. The number of nitrogens with zero attached hydrogens (tertiary/aromatic N) is 6. The predicted molar refractivity (Wildman–Crippen MR) is 124 cm³/mol. The number of H-pyrrole nitrogens is 1. The Labute approximate surface area is 208 Å². The van der Waals surface area contributed by atoms with E-state index in [1.807, 2.05) is 4.90 Å². The molecule has 9 nitrogen and oxygen atoms in total. The second kappa shape index (κ2) is 8.28. The van der Waals surface area contributed by atoms with Gasteiger partial charge in [0.15, 0.2) is 5.82 Å². The van der Waals surface area contributed by atoms with Crippen molar-refractivity contribution in [3.63, 3.8) is 0 Å². The van der Waals surface area contributed by atoms with Crippen LogP contribution in [-0.4, -0.2) is 73.2 Å². The number of piperidine rings is 1. The van der Waals surface area contributed by atoms with Gasteiger partial charge in [-0.15, -0.1) is 0 Å². The van der Waals surface area contributed by atoms with Gasteiger partial charge in [0.2, 0.25) is 0 Å². The highest BCUT2D eigenvalue weighted by molar-refractivity contribution is 5.96. The van der Waals surface area contributed by atoms with Crippen LogP contribution in [-0.2, 0) is 6.54 Å².